The standard InChI is InChI=1S/C21H12F10/c1-21(2,3)6-4-7(9-11(22)15(26)19(30)16(27)12(9)23)8(5-6)10-13(24)17(28)20(31)18(29)14(10)25/h4-5,11H,1-3H3/b9-7+. The van der Waals surface area contributed by atoms with Crippen molar-refractivity contribution in [1.82, 2.24) is 0 Å². The van der Waals surface area contributed by atoms with Crippen molar-refractivity contribution in [2.24, 2.45) is 5.41 Å². The third-order valence-corrected chi connectivity index (χ3v) is 4.83. The minimum atomic E-state index is -3.23. The van der Waals surface area contributed by atoms with Gasteiger partial charge in [0.05, 0.1) is 5.56 Å². The summed E-state index contributed by atoms with van der Waals surface area (Å²) in [6.07, 6.45) is -1.46. The first-order chi connectivity index (χ1) is 14.2. The van der Waals surface area contributed by atoms with E-state index in [0.717, 1.165) is 12.2 Å². The van der Waals surface area contributed by atoms with Gasteiger partial charge in [-0.2, -0.15) is 0 Å². The van der Waals surface area contributed by atoms with Gasteiger partial charge >= 0.3 is 0 Å². The molecule has 2 aliphatic rings. The normalized spacial score (nSPS) is 22.4. The molecule has 3 rings (SSSR count). The maximum Gasteiger partial charge on any atom is 0.200 e. The lowest BCUT2D eigenvalue weighted by molar-refractivity contribution is 0.321. The average Bonchev–Trinajstić information content (AvgIpc) is 3.13. The number of hydrogen-bond acceptors (Lipinski definition) is 0. The highest BCUT2D eigenvalue weighted by molar-refractivity contribution is 5.90. The van der Waals surface area contributed by atoms with Crippen LogP contribution in [0.1, 0.15) is 26.3 Å². The van der Waals surface area contributed by atoms with E-state index in [0.29, 0.717) is 0 Å². The fraction of sp³-hybridized carbons (Fsp3) is 0.238. The van der Waals surface area contributed by atoms with E-state index in [1.54, 1.807) is 20.8 Å². The Morgan fingerprint density at radius 1 is 0.645 bits per heavy atom. The first-order valence-electron chi connectivity index (χ1n) is 8.65. The number of benzene rings is 1. The summed E-state index contributed by atoms with van der Waals surface area (Å²) in [5.41, 5.74) is -5.64. The summed E-state index contributed by atoms with van der Waals surface area (Å²) in [4.78, 5) is 0. The number of rotatable bonds is 1. The molecule has 0 amide bonds. The zero-order valence-corrected chi connectivity index (χ0v) is 16.0. The Morgan fingerprint density at radius 2 is 1.13 bits per heavy atom. The highest BCUT2D eigenvalue weighted by atomic mass is 19.2. The first kappa shape index (κ1) is 22.9. The van der Waals surface area contributed by atoms with Gasteiger partial charge in [-0.1, -0.05) is 26.8 Å². The van der Waals surface area contributed by atoms with Crippen LogP contribution in [0.3, 0.4) is 0 Å². The molecule has 0 nitrogen and oxygen atoms in total. The molecule has 2 aliphatic carbocycles. The van der Waals surface area contributed by atoms with E-state index in [9.17, 15) is 43.9 Å². The molecule has 0 spiro atoms. The maximum atomic E-state index is 14.5. The van der Waals surface area contributed by atoms with Crippen LogP contribution in [0.15, 0.2) is 52.2 Å². The smallest absolute Gasteiger partial charge is 0.200 e. The molecule has 0 N–H and O–H groups in total. The lowest BCUT2D eigenvalue weighted by atomic mass is 9.87. The third-order valence-electron chi connectivity index (χ3n) is 4.83. The van der Waals surface area contributed by atoms with Crippen molar-refractivity contribution in [2.45, 2.75) is 26.9 Å². The van der Waals surface area contributed by atoms with Crippen LogP contribution in [-0.4, -0.2) is 6.17 Å². The van der Waals surface area contributed by atoms with Crippen LogP contribution in [0.4, 0.5) is 43.9 Å². The van der Waals surface area contributed by atoms with Gasteiger partial charge in [0.25, 0.3) is 0 Å². The summed E-state index contributed by atoms with van der Waals surface area (Å²) in [7, 11) is 0. The van der Waals surface area contributed by atoms with Crippen molar-refractivity contribution in [2.75, 3.05) is 0 Å². The maximum absolute atomic E-state index is 14.5. The molecule has 0 saturated heterocycles. The van der Waals surface area contributed by atoms with E-state index in [2.05, 4.69) is 0 Å². The van der Waals surface area contributed by atoms with Crippen LogP contribution in [0.25, 0.3) is 5.57 Å². The summed E-state index contributed by atoms with van der Waals surface area (Å²) in [6.45, 7) is 4.62. The van der Waals surface area contributed by atoms with Gasteiger partial charge < -0.3 is 0 Å². The molecule has 166 valence electrons. The number of allylic oxidation sites excluding steroid dienone is 10. The van der Waals surface area contributed by atoms with E-state index in [-0.39, 0.29) is 5.57 Å². The molecule has 0 bridgehead atoms. The molecule has 31 heavy (non-hydrogen) atoms. The van der Waals surface area contributed by atoms with Crippen molar-refractivity contribution in [3.63, 3.8) is 0 Å². The van der Waals surface area contributed by atoms with Crippen molar-refractivity contribution in [3.05, 3.63) is 86.8 Å². The second-order valence-electron chi connectivity index (χ2n) is 7.83. The molecule has 0 radical (unpaired) electrons. The van der Waals surface area contributed by atoms with Gasteiger partial charge in [-0.25, -0.2) is 43.9 Å². The fourth-order valence-corrected chi connectivity index (χ4v) is 3.14. The highest BCUT2D eigenvalue weighted by Gasteiger charge is 2.41. The molecule has 1 aromatic carbocycles. The largest absolute Gasteiger partial charge is 0.234 e. The summed E-state index contributed by atoms with van der Waals surface area (Å²) >= 11 is 0. The molecular formula is C21H12F10. The SMILES string of the molecule is CC(C)(C)C1=C/C(=C2\C(F)=C(F)C(F)=C(F)C2F)C(c2c(F)c(F)c(F)c(F)c2F)=C1. The van der Waals surface area contributed by atoms with Crippen molar-refractivity contribution in [3.8, 4) is 0 Å². The summed E-state index contributed by atoms with van der Waals surface area (Å²) in [5.74, 6) is -21.1. The Labute approximate surface area is 169 Å². The summed E-state index contributed by atoms with van der Waals surface area (Å²) in [5, 5.41) is 0. The van der Waals surface area contributed by atoms with E-state index < -0.39 is 86.3 Å². The third kappa shape index (κ3) is 3.41. The Bertz CT molecular complexity index is 1130. The van der Waals surface area contributed by atoms with E-state index in [1.165, 1.54) is 0 Å². The monoisotopic (exact) mass is 454 g/mol. The molecule has 0 aromatic heterocycles. The van der Waals surface area contributed by atoms with Crippen LogP contribution in [0, 0.1) is 34.5 Å². The van der Waals surface area contributed by atoms with Crippen molar-refractivity contribution < 1.29 is 43.9 Å². The van der Waals surface area contributed by atoms with Crippen LogP contribution in [0.2, 0.25) is 0 Å². The topological polar surface area (TPSA) is 0 Å². The molecule has 1 aromatic rings. The van der Waals surface area contributed by atoms with Crippen LogP contribution >= 0.6 is 0 Å². The molecule has 0 saturated carbocycles. The predicted molar refractivity (Wildman–Crippen MR) is 92.2 cm³/mol. The fourth-order valence-electron chi connectivity index (χ4n) is 3.14. The van der Waals surface area contributed by atoms with Crippen molar-refractivity contribution in [1.29, 1.82) is 0 Å². The number of alkyl halides is 1. The summed E-state index contributed by atoms with van der Waals surface area (Å²) < 4.78 is 140. The zero-order chi connectivity index (χ0) is 23.6. The molecule has 0 aliphatic heterocycles. The van der Waals surface area contributed by atoms with Gasteiger partial charge in [-0.15, -0.1) is 0 Å². The predicted octanol–water partition coefficient (Wildman–Crippen LogP) is 7.70. The van der Waals surface area contributed by atoms with Crippen LogP contribution < -0.4 is 0 Å². The van der Waals surface area contributed by atoms with E-state index in [1.807, 2.05) is 0 Å². The first-order valence-corrected chi connectivity index (χ1v) is 8.65. The molecule has 1 unspecified atom stereocenters. The van der Waals surface area contributed by atoms with Gasteiger partial charge in [0.2, 0.25) is 5.82 Å². The Kier molecular flexibility index (Phi) is 5.48. The quantitative estimate of drug-likeness (QED) is 0.232. The van der Waals surface area contributed by atoms with Gasteiger partial charge in [-0.3, -0.25) is 0 Å². The molecular weight excluding hydrogens is 442 g/mol. The van der Waals surface area contributed by atoms with Gasteiger partial charge in [-0.05, 0) is 28.2 Å². The number of hydrogen-bond donors (Lipinski definition) is 0. The van der Waals surface area contributed by atoms with E-state index >= 15 is 0 Å². The molecule has 0 fully saturated rings. The Balaban J connectivity index is 2.44. The zero-order valence-electron chi connectivity index (χ0n) is 16.0. The number of halogens is 10. The average molecular weight is 454 g/mol. The van der Waals surface area contributed by atoms with Gasteiger partial charge in [0.1, 0.15) is 0 Å². The minimum absolute atomic E-state index is 0.0878. The lowest BCUT2D eigenvalue weighted by Crippen LogP contribution is -2.16. The Hall–Kier alpha value is -2.78. The summed E-state index contributed by atoms with van der Waals surface area (Å²) in [6, 6.07) is 0. The molecule has 1 atom stereocenters. The van der Waals surface area contributed by atoms with Gasteiger partial charge in [0, 0.05) is 5.57 Å². The lowest BCUT2D eigenvalue weighted by Gasteiger charge is -2.20. The molecule has 10 heteroatoms. The molecule has 0 heterocycles. The van der Waals surface area contributed by atoms with Crippen LogP contribution in [-0.2, 0) is 0 Å². The van der Waals surface area contributed by atoms with E-state index in [4.69, 9.17) is 0 Å². The minimum Gasteiger partial charge on any atom is -0.234 e. The van der Waals surface area contributed by atoms with Crippen molar-refractivity contribution >= 4 is 5.57 Å². The second kappa shape index (κ2) is 7.42. The van der Waals surface area contributed by atoms with Gasteiger partial charge in [0.15, 0.2) is 52.7 Å². The highest BCUT2D eigenvalue weighted by Crippen LogP contribution is 2.48. The Morgan fingerprint density at radius 3 is 1.61 bits per heavy atom. The second-order valence-corrected chi connectivity index (χ2v) is 7.83. The van der Waals surface area contributed by atoms with Crippen LogP contribution in [0.5, 0.6) is 0 Å².